The summed E-state index contributed by atoms with van der Waals surface area (Å²) >= 11 is 0. The van der Waals surface area contributed by atoms with Crippen LogP contribution in [0.15, 0.2) is 18.2 Å². The molecule has 0 saturated carbocycles. The molecule has 1 fully saturated rings. The van der Waals surface area contributed by atoms with Gasteiger partial charge in [-0.3, -0.25) is 4.79 Å². The van der Waals surface area contributed by atoms with E-state index in [0.717, 1.165) is 25.1 Å². The molecule has 1 aliphatic heterocycles. The van der Waals surface area contributed by atoms with Crippen LogP contribution in [0.3, 0.4) is 0 Å². The second kappa shape index (κ2) is 5.57. The molecular formula is C14H19FN2O2. The van der Waals surface area contributed by atoms with E-state index in [0.29, 0.717) is 5.56 Å². The van der Waals surface area contributed by atoms with Gasteiger partial charge in [-0.05, 0) is 38.0 Å². The number of aliphatic hydroxyl groups is 1. The Balaban J connectivity index is 2.38. The number of hydrogen-bond donors (Lipinski definition) is 2. The zero-order chi connectivity index (χ0) is 14.0. The molecule has 0 aliphatic carbocycles. The Morgan fingerprint density at radius 2 is 2.32 bits per heavy atom. The van der Waals surface area contributed by atoms with Crippen molar-refractivity contribution < 1.29 is 14.3 Å². The van der Waals surface area contributed by atoms with E-state index < -0.39 is 6.10 Å². The van der Waals surface area contributed by atoms with E-state index in [1.54, 1.807) is 20.0 Å². The Bertz CT molecular complexity index is 477. The fraction of sp³-hybridized carbons (Fsp3) is 0.500. The van der Waals surface area contributed by atoms with Gasteiger partial charge >= 0.3 is 0 Å². The topological polar surface area (TPSA) is 52.6 Å². The summed E-state index contributed by atoms with van der Waals surface area (Å²) in [6, 6.07) is 4.09. The summed E-state index contributed by atoms with van der Waals surface area (Å²) in [5, 5.41) is 12.4. The highest BCUT2D eigenvalue weighted by molar-refractivity contribution is 5.86. The molecular weight excluding hydrogens is 247 g/mol. The average molecular weight is 266 g/mol. The quantitative estimate of drug-likeness (QED) is 0.873. The molecule has 0 radical (unpaired) electrons. The SMILES string of the molecule is CNC(=O)C1CCCN1c1ccc(F)cc1[C@@H](C)O. The van der Waals surface area contributed by atoms with Gasteiger partial charge in [-0.2, -0.15) is 0 Å². The Morgan fingerprint density at radius 3 is 2.95 bits per heavy atom. The minimum atomic E-state index is -0.767. The Hall–Kier alpha value is -1.62. The number of benzene rings is 1. The normalized spacial score (nSPS) is 20.4. The Morgan fingerprint density at radius 1 is 1.58 bits per heavy atom. The highest BCUT2D eigenvalue weighted by Crippen LogP contribution is 2.32. The highest BCUT2D eigenvalue weighted by Gasteiger charge is 2.31. The van der Waals surface area contributed by atoms with Gasteiger partial charge in [-0.15, -0.1) is 0 Å². The van der Waals surface area contributed by atoms with E-state index >= 15 is 0 Å². The maximum Gasteiger partial charge on any atom is 0.242 e. The van der Waals surface area contributed by atoms with Gasteiger partial charge in [0.15, 0.2) is 0 Å². The summed E-state index contributed by atoms with van der Waals surface area (Å²) < 4.78 is 13.3. The highest BCUT2D eigenvalue weighted by atomic mass is 19.1. The number of hydrogen-bond acceptors (Lipinski definition) is 3. The molecule has 0 bridgehead atoms. The minimum absolute atomic E-state index is 0.0432. The number of amides is 1. The van der Waals surface area contributed by atoms with Gasteiger partial charge in [-0.1, -0.05) is 0 Å². The van der Waals surface area contributed by atoms with Crippen LogP contribution in [0.25, 0.3) is 0 Å². The summed E-state index contributed by atoms with van der Waals surface area (Å²) in [4.78, 5) is 13.8. The van der Waals surface area contributed by atoms with Gasteiger partial charge in [-0.25, -0.2) is 4.39 Å². The predicted molar refractivity (Wildman–Crippen MR) is 71.5 cm³/mol. The predicted octanol–water partition coefficient (Wildman–Crippen LogP) is 1.59. The molecule has 1 aromatic carbocycles. The summed E-state index contributed by atoms with van der Waals surface area (Å²) in [5.41, 5.74) is 1.26. The Kier molecular flexibility index (Phi) is 4.04. The van der Waals surface area contributed by atoms with Crippen molar-refractivity contribution in [2.45, 2.75) is 31.9 Å². The molecule has 0 spiro atoms. The molecule has 2 N–H and O–H groups in total. The first kappa shape index (κ1) is 13.8. The lowest BCUT2D eigenvalue weighted by Crippen LogP contribution is -2.42. The van der Waals surface area contributed by atoms with E-state index in [-0.39, 0.29) is 17.8 Å². The van der Waals surface area contributed by atoms with Gasteiger partial charge in [0, 0.05) is 24.8 Å². The van der Waals surface area contributed by atoms with Gasteiger partial charge < -0.3 is 15.3 Å². The number of carbonyl (C=O) groups excluding carboxylic acids is 1. The van der Waals surface area contributed by atoms with E-state index in [2.05, 4.69) is 5.32 Å². The first-order chi connectivity index (χ1) is 9.04. The van der Waals surface area contributed by atoms with Gasteiger partial charge in [0.05, 0.1) is 6.10 Å². The molecule has 2 rings (SSSR count). The number of rotatable bonds is 3. The van der Waals surface area contributed by atoms with Crippen LogP contribution in [-0.2, 0) is 4.79 Å². The maximum absolute atomic E-state index is 13.3. The van der Waals surface area contributed by atoms with Crippen LogP contribution >= 0.6 is 0 Å². The first-order valence-corrected chi connectivity index (χ1v) is 6.50. The number of likely N-dealkylation sites (N-methyl/N-ethyl adjacent to an activating group) is 1. The molecule has 4 nitrogen and oxygen atoms in total. The molecule has 1 heterocycles. The monoisotopic (exact) mass is 266 g/mol. The molecule has 1 amide bonds. The molecule has 1 aromatic rings. The van der Waals surface area contributed by atoms with Crippen molar-refractivity contribution in [2.75, 3.05) is 18.5 Å². The van der Waals surface area contributed by atoms with Crippen molar-refractivity contribution in [3.8, 4) is 0 Å². The Labute approximate surface area is 112 Å². The van der Waals surface area contributed by atoms with Crippen LogP contribution in [0, 0.1) is 5.82 Å². The van der Waals surface area contributed by atoms with Crippen LogP contribution in [0.1, 0.15) is 31.4 Å². The minimum Gasteiger partial charge on any atom is -0.389 e. The second-order valence-electron chi connectivity index (χ2n) is 4.84. The number of halogens is 1. The third kappa shape index (κ3) is 2.71. The van der Waals surface area contributed by atoms with Gasteiger partial charge in [0.25, 0.3) is 0 Å². The van der Waals surface area contributed by atoms with Crippen molar-refractivity contribution in [1.82, 2.24) is 5.32 Å². The lowest BCUT2D eigenvalue weighted by molar-refractivity contribution is -0.121. The summed E-state index contributed by atoms with van der Waals surface area (Å²) in [6.45, 7) is 2.34. The number of nitrogens with zero attached hydrogens (tertiary/aromatic N) is 1. The third-order valence-corrected chi connectivity index (χ3v) is 3.55. The molecule has 104 valence electrons. The lowest BCUT2D eigenvalue weighted by Gasteiger charge is -2.28. The molecule has 2 atom stereocenters. The first-order valence-electron chi connectivity index (χ1n) is 6.50. The third-order valence-electron chi connectivity index (χ3n) is 3.55. The lowest BCUT2D eigenvalue weighted by atomic mass is 10.1. The molecule has 5 heteroatoms. The average Bonchev–Trinajstić information content (AvgIpc) is 2.86. The van der Waals surface area contributed by atoms with Crippen LogP contribution in [0.5, 0.6) is 0 Å². The van der Waals surface area contributed by atoms with Crippen LogP contribution in [0.4, 0.5) is 10.1 Å². The molecule has 0 aromatic heterocycles. The number of carbonyl (C=O) groups is 1. The summed E-state index contributed by atoms with van der Waals surface area (Å²) in [7, 11) is 1.61. The fourth-order valence-electron chi connectivity index (χ4n) is 2.62. The largest absolute Gasteiger partial charge is 0.389 e. The fourth-order valence-corrected chi connectivity index (χ4v) is 2.62. The standard InChI is InChI=1S/C14H19FN2O2/c1-9(18)11-8-10(15)5-6-12(11)17-7-3-4-13(17)14(19)16-2/h5-6,8-9,13,18H,3-4,7H2,1-2H3,(H,16,19)/t9-,13?/m1/s1. The van der Waals surface area contributed by atoms with E-state index in [1.165, 1.54) is 12.1 Å². The van der Waals surface area contributed by atoms with Crippen LogP contribution < -0.4 is 10.2 Å². The van der Waals surface area contributed by atoms with Crippen molar-refractivity contribution in [2.24, 2.45) is 0 Å². The van der Waals surface area contributed by atoms with Crippen molar-refractivity contribution in [3.63, 3.8) is 0 Å². The molecule has 1 aliphatic rings. The zero-order valence-electron chi connectivity index (χ0n) is 11.2. The smallest absolute Gasteiger partial charge is 0.242 e. The van der Waals surface area contributed by atoms with Crippen molar-refractivity contribution >= 4 is 11.6 Å². The van der Waals surface area contributed by atoms with Crippen molar-refractivity contribution in [3.05, 3.63) is 29.6 Å². The molecule has 1 saturated heterocycles. The number of anilines is 1. The summed E-state index contributed by atoms with van der Waals surface area (Å²) in [6.07, 6.45) is 0.919. The molecule has 19 heavy (non-hydrogen) atoms. The van der Waals surface area contributed by atoms with Gasteiger partial charge in [0.1, 0.15) is 11.9 Å². The van der Waals surface area contributed by atoms with E-state index in [1.807, 2.05) is 4.90 Å². The maximum atomic E-state index is 13.3. The van der Waals surface area contributed by atoms with Gasteiger partial charge in [0.2, 0.25) is 5.91 Å². The molecule has 1 unspecified atom stereocenters. The van der Waals surface area contributed by atoms with Crippen molar-refractivity contribution in [1.29, 1.82) is 0 Å². The second-order valence-corrected chi connectivity index (χ2v) is 4.84. The zero-order valence-corrected chi connectivity index (χ0v) is 11.2. The summed E-state index contributed by atoms with van der Waals surface area (Å²) in [5.74, 6) is -0.422. The van der Waals surface area contributed by atoms with E-state index in [9.17, 15) is 14.3 Å². The number of nitrogens with one attached hydrogen (secondary N) is 1. The van der Waals surface area contributed by atoms with Crippen LogP contribution in [0.2, 0.25) is 0 Å². The van der Waals surface area contributed by atoms with E-state index in [4.69, 9.17) is 0 Å². The van der Waals surface area contributed by atoms with Crippen LogP contribution in [-0.4, -0.2) is 30.6 Å². The number of aliphatic hydroxyl groups excluding tert-OH is 1.